The van der Waals surface area contributed by atoms with Gasteiger partial charge in [-0.1, -0.05) is 6.92 Å². The summed E-state index contributed by atoms with van der Waals surface area (Å²) in [5.41, 5.74) is -0.954. The van der Waals surface area contributed by atoms with Crippen LogP contribution in [0.15, 0.2) is 0 Å². The molecule has 0 fully saturated rings. The number of carboxylic acid groups (broad SMARTS) is 1. The summed E-state index contributed by atoms with van der Waals surface area (Å²) in [5, 5.41) is 20.2. The maximum Gasteiger partial charge on any atom is 0.317 e. The lowest BCUT2D eigenvalue weighted by Crippen LogP contribution is -2.46. The van der Waals surface area contributed by atoms with E-state index in [9.17, 15) is 9.59 Å². The van der Waals surface area contributed by atoms with E-state index in [0.29, 0.717) is 19.5 Å². The van der Waals surface area contributed by atoms with Gasteiger partial charge in [-0.3, -0.25) is 4.79 Å². The number of hydrogen-bond acceptors (Lipinski definition) is 3. The molecule has 1 unspecified atom stereocenters. The first-order valence-electron chi connectivity index (χ1n) is 6.04. The van der Waals surface area contributed by atoms with Crippen molar-refractivity contribution in [2.45, 2.75) is 33.6 Å². The van der Waals surface area contributed by atoms with Crippen LogP contribution < -0.4 is 5.32 Å². The van der Waals surface area contributed by atoms with Gasteiger partial charge in [-0.25, -0.2) is 4.79 Å². The van der Waals surface area contributed by atoms with Crippen molar-refractivity contribution in [1.29, 1.82) is 5.26 Å². The van der Waals surface area contributed by atoms with Crippen molar-refractivity contribution in [3.8, 4) is 6.07 Å². The Morgan fingerprint density at radius 2 is 2.06 bits per heavy atom. The summed E-state index contributed by atoms with van der Waals surface area (Å²) in [7, 11) is 0. The SMILES string of the molecule is CCN(CCC#N)C(=O)NCC(C)(CC)C(=O)O. The molecule has 0 saturated heterocycles. The van der Waals surface area contributed by atoms with E-state index in [1.165, 1.54) is 4.90 Å². The second-order valence-electron chi connectivity index (χ2n) is 4.37. The molecule has 102 valence electrons. The molecule has 0 spiro atoms. The maximum atomic E-state index is 11.8. The highest BCUT2D eigenvalue weighted by Crippen LogP contribution is 2.19. The molecule has 1 atom stereocenters. The minimum absolute atomic E-state index is 0.0840. The molecule has 0 bridgehead atoms. The van der Waals surface area contributed by atoms with Crippen molar-refractivity contribution in [3.05, 3.63) is 0 Å². The highest BCUT2D eigenvalue weighted by molar-refractivity contribution is 5.77. The van der Waals surface area contributed by atoms with Gasteiger partial charge in [-0.05, 0) is 20.3 Å². The Bertz CT molecular complexity index is 338. The van der Waals surface area contributed by atoms with E-state index in [1.54, 1.807) is 13.8 Å². The molecule has 0 rings (SSSR count). The third-order valence-corrected chi connectivity index (χ3v) is 3.09. The number of hydrogen-bond donors (Lipinski definition) is 2. The summed E-state index contributed by atoms with van der Waals surface area (Å²) >= 11 is 0. The minimum atomic E-state index is -0.954. The predicted molar refractivity (Wildman–Crippen MR) is 66.9 cm³/mol. The highest BCUT2D eigenvalue weighted by Gasteiger charge is 2.31. The van der Waals surface area contributed by atoms with Gasteiger partial charge in [-0.15, -0.1) is 0 Å². The average molecular weight is 255 g/mol. The number of aliphatic carboxylic acids is 1. The lowest BCUT2D eigenvalue weighted by molar-refractivity contribution is -0.147. The van der Waals surface area contributed by atoms with Crippen LogP contribution in [0.2, 0.25) is 0 Å². The van der Waals surface area contributed by atoms with E-state index in [4.69, 9.17) is 10.4 Å². The number of amides is 2. The summed E-state index contributed by atoms with van der Waals surface area (Å²) in [4.78, 5) is 24.3. The quantitative estimate of drug-likeness (QED) is 0.719. The Kier molecular flexibility index (Phi) is 6.79. The van der Waals surface area contributed by atoms with Crippen LogP contribution in [-0.4, -0.2) is 41.6 Å². The van der Waals surface area contributed by atoms with Gasteiger partial charge in [0, 0.05) is 19.6 Å². The summed E-state index contributed by atoms with van der Waals surface area (Å²) in [6.45, 7) is 6.11. The van der Waals surface area contributed by atoms with Gasteiger partial charge >= 0.3 is 12.0 Å². The maximum absolute atomic E-state index is 11.8. The monoisotopic (exact) mass is 255 g/mol. The van der Waals surface area contributed by atoms with Crippen molar-refractivity contribution in [2.24, 2.45) is 5.41 Å². The van der Waals surface area contributed by atoms with Crippen molar-refractivity contribution >= 4 is 12.0 Å². The first-order valence-corrected chi connectivity index (χ1v) is 6.04. The Morgan fingerprint density at radius 1 is 1.44 bits per heavy atom. The lowest BCUT2D eigenvalue weighted by Gasteiger charge is -2.26. The zero-order valence-electron chi connectivity index (χ0n) is 11.2. The van der Waals surface area contributed by atoms with Gasteiger partial charge in [0.1, 0.15) is 0 Å². The number of carbonyl (C=O) groups excluding carboxylic acids is 1. The summed E-state index contributed by atoms with van der Waals surface area (Å²) < 4.78 is 0. The van der Waals surface area contributed by atoms with Crippen LogP contribution in [0.4, 0.5) is 4.79 Å². The highest BCUT2D eigenvalue weighted by atomic mass is 16.4. The average Bonchev–Trinajstić information content (AvgIpc) is 2.36. The third kappa shape index (κ3) is 4.62. The summed E-state index contributed by atoms with van der Waals surface area (Å²) in [5.74, 6) is -0.926. The van der Waals surface area contributed by atoms with Crippen LogP contribution >= 0.6 is 0 Å². The minimum Gasteiger partial charge on any atom is -0.481 e. The van der Waals surface area contributed by atoms with Crippen LogP contribution in [0.5, 0.6) is 0 Å². The van der Waals surface area contributed by atoms with E-state index < -0.39 is 11.4 Å². The first-order chi connectivity index (χ1) is 8.41. The van der Waals surface area contributed by atoms with Gasteiger partial charge in [0.15, 0.2) is 0 Å². The number of nitrogens with one attached hydrogen (secondary N) is 1. The number of carbonyl (C=O) groups is 2. The Hall–Kier alpha value is -1.77. The Balaban J connectivity index is 4.39. The zero-order chi connectivity index (χ0) is 14.2. The molecule has 0 heterocycles. The number of carboxylic acids is 1. The molecule has 0 aromatic rings. The molecule has 6 nitrogen and oxygen atoms in total. The molecule has 18 heavy (non-hydrogen) atoms. The number of nitriles is 1. The normalized spacial score (nSPS) is 13.2. The predicted octanol–water partition coefficient (Wildman–Crippen LogP) is 1.43. The molecule has 6 heteroatoms. The second-order valence-corrected chi connectivity index (χ2v) is 4.37. The van der Waals surface area contributed by atoms with Gasteiger partial charge in [0.05, 0.1) is 17.9 Å². The largest absolute Gasteiger partial charge is 0.481 e. The van der Waals surface area contributed by atoms with E-state index >= 15 is 0 Å². The number of urea groups is 1. The summed E-state index contributed by atoms with van der Waals surface area (Å²) in [6, 6.07) is 1.65. The molecule has 0 aliphatic carbocycles. The summed E-state index contributed by atoms with van der Waals surface area (Å²) in [6.07, 6.45) is 0.707. The first kappa shape index (κ1) is 16.2. The van der Waals surface area contributed by atoms with Crippen molar-refractivity contribution < 1.29 is 14.7 Å². The van der Waals surface area contributed by atoms with E-state index in [-0.39, 0.29) is 19.0 Å². The van der Waals surface area contributed by atoms with Gasteiger partial charge in [-0.2, -0.15) is 5.26 Å². The van der Waals surface area contributed by atoms with E-state index in [0.717, 1.165) is 0 Å². The molecule has 0 aromatic carbocycles. The molecule has 0 aromatic heterocycles. The lowest BCUT2D eigenvalue weighted by atomic mass is 9.88. The standard InChI is InChI=1S/C12H21N3O3/c1-4-12(3,10(16)17)9-14-11(18)15(5-2)8-6-7-13/h4-6,8-9H2,1-3H3,(H,14,18)(H,16,17). The van der Waals surface area contributed by atoms with Crippen LogP contribution in [0, 0.1) is 16.7 Å². The van der Waals surface area contributed by atoms with Crippen LogP contribution in [0.3, 0.4) is 0 Å². The Labute approximate surface area is 108 Å². The number of rotatable bonds is 7. The van der Waals surface area contributed by atoms with E-state index in [1.807, 2.05) is 13.0 Å². The molecule has 0 aliphatic heterocycles. The number of nitrogens with zero attached hydrogens (tertiary/aromatic N) is 2. The molecular weight excluding hydrogens is 234 g/mol. The molecule has 0 aliphatic rings. The Morgan fingerprint density at radius 3 is 2.44 bits per heavy atom. The second kappa shape index (κ2) is 7.54. The van der Waals surface area contributed by atoms with E-state index in [2.05, 4.69) is 5.32 Å². The van der Waals surface area contributed by atoms with Crippen LogP contribution in [0.1, 0.15) is 33.6 Å². The van der Waals surface area contributed by atoms with Crippen molar-refractivity contribution in [1.82, 2.24) is 10.2 Å². The van der Waals surface area contributed by atoms with Crippen LogP contribution in [0.25, 0.3) is 0 Å². The van der Waals surface area contributed by atoms with Gasteiger partial charge in [0.2, 0.25) is 0 Å². The fourth-order valence-electron chi connectivity index (χ4n) is 1.32. The fraction of sp³-hybridized carbons (Fsp3) is 0.750. The smallest absolute Gasteiger partial charge is 0.317 e. The van der Waals surface area contributed by atoms with Gasteiger partial charge < -0.3 is 15.3 Å². The van der Waals surface area contributed by atoms with Gasteiger partial charge in [0.25, 0.3) is 0 Å². The van der Waals surface area contributed by atoms with Crippen molar-refractivity contribution in [3.63, 3.8) is 0 Å². The topological polar surface area (TPSA) is 93.4 Å². The molecule has 2 amide bonds. The fourth-order valence-corrected chi connectivity index (χ4v) is 1.32. The van der Waals surface area contributed by atoms with Crippen molar-refractivity contribution in [2.75, 3.05) is 19.6 Å². The van der Waals surface area contributed by atoms with Crippen LogP contribution in [-0.2, 0) is 4.79 Å². The zero-order valence-corrected chi connectivity index (χ0v) is 11.2. The third-order valence-electron chi connectivity index (χ3n) is 3.09. The molecule has 0 saturated carbocycles. The molecule has 2 N–H and O–H groups in total. The molecule has 0 radical (unpaired) electrons. The molecular formula is C12H21N3O3.